The number of carboxylic acids is 1. The number of hydrogen-bond acceptors (Lipinski definition) is 3. The molecule has 0 aliphatic carbocycles. The Kier molecular flexibility index (Phi) is 5.29. The summed E-state index contributed by atoms with van der Waals surface area (Å²) in [7, 11) is 1.56. The van der Waals surface area contributed by atoms with Crippen LogP contribution in [0.3, 0.4) is 0 Å². The third kappa shape index (κ3) is 3.78. The fourth-order valence-corrected chi connectivity index (χ4v) is 2.87. The molecule has 0 saturated heterocycles. The van der Waals surface area contributed by atoms with Gasteiger partial charge in [0, 0.05) is 4.47 Å². The first-order chi connectivity index (χ1) is 9.92. The predicted molar refractivity (Wildman–Crippen MR) is 89.6 cm³/mol. The molecule has 0 radical (unpaired) electrons. The van der Waals surface area contributed by atoms with Gasteiger partial charge in [-0.15, -0.1) is 0 Å². The fourth-order valence-electron chi connectivity index (χ4n) is 1.62. The van der Waals surface area contributed by atoms with Crippen LogP contribution in [0.1, 0.15) is 10.4 Å². The Bertz CT molecular complexity index is 701. The van der Waals surface area contributed by atoms with Crippen LogP contribution in [0.15, 0.2) is 43.7 Å². The lowest BCUT2D eigenvalue weighted by Gasteiger charge is -2.12. The Labute approximate surface area is 146 Å². The van der Waals surface area contributed by atoms with E-state index in [1.165, 1.54) is 6.07 Å². The Morgan fingerprint density at radius 2 is 1.62 bits per heavy atom. The normalized spacial score (nSPS) is 10.3. The van der Waals surface area contributed by atoms with E-state index in [0.29, 0.717) is 24.9 Å². The zero-order chi connectivity index (χ0) is 15.6. The number of rotatable bonds is 4. The van der Waals surface area contributed by atoms with E-state index in [4.69, 9.17) is 9.47 Å². The first kappa shape index (κ1) is 16.3. The highest BCUT2D eigenvalue weighted by molar-refractivity contribution is 9.11. The molecule has 0 bridgehead atoms. The van der Waals surface area contributed by atoms with E-state index in [-0.39, 0.29) is 11.3 Å². The summed E-state index contributed by atoms with van der Waals surface area (Å²) in [5, 5.41) is 9.23. The molecule has 0 unspecified atom stereocenters. The molecule has 0 saturated carbocycles. The van der Waals surface area contributed by atoms with Crippen LogP contribution in [0.5, 0.6) is 17.2 Å². The maximum absolute atomic E-state index is 11.3. The number of halogens is 3. The fraction of sp³-hybridized carbons (Fsp3) is 0.0714. The molecule has 0 aliphatic heterocycles. The second-order valence-corrected chi connectivity index (χ2v) is 6.59. The second-order valence-electron chi connectivity index (χ2n) is 3.96. The molecular formula is C14H9Br3O4. The average Bonchev–Trinajstić information content (AvgIpc) is 2.44. The van der Waals surface area contributed by atoms with Crippen molar-refractivity contribution in [2.75, 3.05) is 7.11 Å². The summed E-state index contributed by atoms with van der Waals surface area (Å²) >= 11 is 9.98. The highest BCUT2D eigenvalue weighted by Gasteiger charge is 2.15. The highest BCUT2D eigenvalue weighted by atomic mass is 79.9. The van der Waals surface area contributed by atoms with Crippen molar-refractivity contribution in [2.45, 2.75) is 0 Å². The van der Waals surface area contributed by atoms with Crippen LogP contribution in [0.25, 0.3) is 0 Å². The standard InChI is InChI=1S/C14H9Br3O4/c1-20-12-5-10(17)13(6-9(12)16)21-11-3-2-7(15)4-8(11)14(18)19/h2-6H,1H3,(H,18,19). The molecule has 4 nitrogen and oxygen atoms in total. The van der Waals surface area contributed by atoms with E-state index < -0.39 is 5.97 Å². The van der Waals surface area contributed by atoms with Gasteiger partial charge in [0.25, 0.3) is 0 Å². The molecule has 0 heterocycles. The zero-order valence-electron chi connectivity index (χ0n) is 10.7. The molecule has 0 aliphatic rings. The monoisotopic (exact) mass is 478 g/mol. The summed E-state index contributed by atoms with van der Waals surface area (Å²) in [6.45, 7) is 0. The maximum Gasteiger partial charge on any atom is 0.339 e. The lowest BCUT2D eigenvalue weighted by Crippen LogP contribution is -2.00. The van der Waals surface area contributed by atoms with Crippen LogP contribution in [-0.2, 0) is 0 Å². The summed E-state index contributed by atoms with van der Waals surface area (Å²) in [5.74, 6) is 0.314. The lowest BCUT2D eigenvalue weighted by atomic mass is 10.2. The van der Waals surface area contributed by atoms with Crippen LogP contribution in [0.4, 0.5) is 0 Å². The van der Waals surface area contributed by atoms with Gasteiger partial charge in [0.2, 0.25) is 0 Å². The summed E-state index contributed by atoms with van der Waals surface area (Å²) in [5.41, 5.74) is 0.0724. The van der Waals surface area contributed by atoms with E-state index in [1.807, 2.05) is 0 Å². The van der Waals surface area contributed by atoms with Crippen LogP contribution in [0, 0.1) is 0 Å². The van der Waals surface area contributed by atoms with Crippen molar-refractivity contribution in [3.05, 3.63) is 49.3 Å². The molecule has 1 N–H and O–H groups in total. The minimum Gasteiger partial charge on any atom is -0.496 e. The van der Waals surface area contributed by atoms with E-state index in [9.17, 15) is 9.90 Å². The van der Waals surface area contributed by atoms with Crippen LogP contribution in [0.2, 0.25) is 0 Å². The Morgan fingerprint density at radius 1 is 1.00 bits per heavy atom. The minimum atomic E-state index is -1.06. The van der Waals surface area contributed by atoms with Crippen molar-refractivity contribution < 1.29 is 19.4 Å². The molecule has 0 amide bonds. The average molecular weight is 481 g/mol. The molecule has 0 aromatic heterocycles. The number of carboxylic acid groups (broad SMARTS) is 1. The van der Waals surface area contributed by atoms with Gasteiger partial charge in [-0.3, -0.25) is 0 Å². The molecule has 2 rings (SSSR count). The van der Waals surface area contributed by atoms with E-state index in [1.54, 1.807) is 31.4 Å². The first-order valence-corrected chi connectivity index (χ1v) is 8.04. The summed E-state index contributed by atoms with van der Waals surface area (Å²) < 4.78 is 12.9. The molecule has 2 aromatic carbocycles. The number of methoxy groups -OCH3 is 1. The van der Waals surface area contributed by atoms with E-state index in [0.717, 1.165) is 0 Å². The third-order valence-corrected chi connectivity index (χ3v) is 4.33. The number of carbonyl (C=O) groups is 1. The van der Waals surface area contributed by atoms with Gasteiger partial charge in [0.1, 0.15) is 22.8 Å². The van der Waals surface area contributed by atoms with Crippen molar-refractivity contribution in [2.24, 2.45) is 0 Å². The van der Waals surface area contributed by atoms with E-state index >= 15 is 0 Å². The molecule has 110 valence electrons. The molecular weight excluding hydrogens is 472 g/mol. The first-order valence-electron chi connectivity index (χ1n) is 5.66. The highest BCUT2D eigenvalue weighted by Crippen LogP contribution is 2.39. The zero-order valence-corrected chi connectivity index (χ0v) is 15.5. The third-order valence-electron chi connectivity index (χ3n) is 2.60. The van der Waals surface area contributed by atoms with Gasteiger partial charge >= 0.3 is 5.97 Å². The smallest absolute Gasteiger partial charge is 0.339 e. The van der Waals surface area contributed by atoms with Crippen molar-refractivity contribution in [3.63, 3.8) is 0 Å². The quantitative estimate of drug-likeness (QED) is 0.630. The van der Waals surface area contributed by atoms with Gasteiger partial charge in [-0.05, 0) is 62.2 Å². The molecule has 21 heavy (non-hydrogen) atoms. The maximum atomic E-state index is 11.3. The van der Waals surface area contributed by atoms with Gasteiger partial charge < -0.3 is 14.6 Å². The Hall–Kier alpha value is -1.05. The van der Waals surface area contributed by atoms with Gasteiger partial charge in [-0.2, -0.15) is 0 Å². The number of aromatic carboxylic acids is 1. The minimum absolute atomic E-state index is 0.0724. The van der Waals surface area contributed by atoms with Gasteiger partial charge in [-0.25, -0.2) is 4.79 Å². The number of hydrogen-bond donors (Lipinski definition) is 1. The Balaban J connectivity index is 2.43. The van der Waals surface area contributed by atoms with E-state index in [2.05, 4.69) is 47.8 Å². The summed E-state index contributed by atoms with van der Waals surface area (Å²) in [6, 6.07) is 8.24. The Morgan fingerprint density at radius 3 is 2.24 bits per heavy atom. The summed E-state index contributed by atoms with van der Waals surface area (Å²) in [6.07, 6.45) is 0. The number of ether oxygens (including phenoxy) is 2. The summed E-state index contributed by atoms with van der Waals surface area (Å²) in [4.78, 5) is 11.3. The molecule has 2 aromatic rings. The predicted octanol–water partition coefficient (Wildman–Crippen LogP) is 5.47. The topological polar surface area (TPSA) is 55.8 Å². The molecule has 0 atom stereocenters. The van der Waals surface area contributed by atoms with Crippen LogP contribution in [-0.4, -0.2) is 18.2 Å². The molecule has 0 spiro atoms. The van der Waals surface area contributed by atoms with Gasteiger partial charge in [0.15, 0.2) is 0 Å². The molecule has 0 fully saturated rings. The molecule has 7 heteroatoms. The number of benzene rings is 2. The SMILES string of the molecule is COc1cc(Br)c(Oc2ccc(Br)cc2C(=O)O)cc1Br. The van der Waals surface area contributed by atoms with Crippen molar-refractivity contribution >= 4 is 53.8 Å². The largest absolute Gasteiger partial charge is 0.496 e. The van der Waals surface area contributed by atoms with Crippen molar-refractivity contribution in [3.8, 4) is 17.2 Å². The van der Waals surface area contributed by atoms with Crippen molar-refractivity contribution in [1.82, 2.24) is 0 Å². The van der Waals surface area contributed by atoms with Gasteiger partial charge in [0.05, 0.1) is 16.1 Å². The second kappa shape index (κ2) is 6.81. The lowest BCUT2D eigenvalue weighted by molar-refractivity contribution is 0.0694. The van der Waals surface area contributed by atoms with Crippen LogP contribution < -0.4 is 9.47 Å². The van der Waals surface area contributed by atoms with Gasteiger partial charge in [-0.1, -0.05) is 15.9 Å². The van der Waals surface area contributed by atoms with Crippen LogP contribution >= 0.6 is 47.8 Å². The van der Waals surface area contributed by atoms with Crippen molar-refractivity contribution in [1.29, 1.82) is 0 Å².